The highest BCUT2D eigenvalue weighted by Gasteiger charge is 2.11. The molecule has 0 aliphatic rings. The summed E-state index contributed by atoms with van der Waals surface area (Å²) in [6.45, 7) is 3.84. The smallest absolute Gasteiger partial charge is 0.332 e. The number of hydrogen-bond donors (Lipinski definition) is 0. The van der Waals surface area contributed by atoms with Crippen molar-refractivity contribution in [3.05, 3.63) is 59.4 Å². The van der Waals surface area contributed by atoms with Crippen LogP contribution in [0.3, 0.4) is 0 Å². The van der Waals surface area contributed by atoms with E-state index in [0.29, 0.717) is 5.56 Å². The Morgan fingerprint density at radius 1 is 1.19 bits per heavy atom. The molecular weight excluding hydrogens is 202 g/mol. The number of hydrogen-bond acceptors (Lipinski definition) is 2. The van der Waals surface area contributed by atoms with Crippen LogP contribution in [0.2, 0.25) is 0 Å². The molecule has 82 valence electrons. The first-order valence-corrected chi connectivity index (χ1v) is 5.10. The molecule has 1 aromatic carbocycles. The number of nitrogens with zero attached hydrogens (tertiary/aromatic N) is 1. The molecule has 0 spiro atoms. The van der Waals surface area contributed by atoms with E-state index >= 15 is 0 Å². The summed E-state index contributed by atoms with van der Waals surface area (Å²) in [6, 6.07) is 9.33. The van der Waals surface area contributed by atoms with Crippen LogP contribution in [0.4, 0.5) is 0 Å². The fraction of sp³-hybridized carbons (Fsp3) is 0.154. The molecular formula is C13H13NO2. The maximum atomic E-state index is 11.8. The van der Waals surface area contributed by atoms with Gasteiger partial charge in [-0.05, 0) is 37.6 Å². The van der Waals surface area contributed by atoms with E-state index < -0.39 is 0 Å². The lowest BCUT2D eigenvalue weighted by atomic mass is 10.1. The van der Waals surface area contributed by atoms with Gasteiger partial charge in [0.2, 0.25) is 0 Å². The van der Waals surface area contributed by atoms with Crippen LogP contribution in [0.25, 0.3) is 0 Å². The zero-order valence-corrected chi connectivity index (χ0v) is 9.31. The summed E-state index contributed by atoms with van der Waals surface area (Å²) in [5.74, 6) is -0.336. The molecule has 16 heavy (non-hydrogen) atoms. The predicted octanol–water partition coefficient (Wildman–Crippen LogP) is 2.37. The van der Waals surface area contributed by atoms with E-state index in [1.54, 1.807) is 24.5 Å². The first-order chi connectivity index (χ1) is 7.66. The van der Waals surface area contributed by atoms with Gasteiger partial charge in [-0.25, -0.2) is 4.79 Å². The highest BCUT2D eigenvalue weighted by atomic mass is 16.7. The lowest BCUT2D eigenvalue weighted by molar-refractivity contribution is 0.0462. The minimum absolute atomic E-state index is 0.336. The van der Waals surface area contributed by atoms with E-state index in [9.17, 15) is 4.79 Å². The maximum Gasteiger partial charge on any atom is 0.363 e. The van der Waals surface area contributed by atoms with Gasteiger partial charge in [-0.2, -0.15) is 4.73 Å². The average molecular weight is 215 g/mol. The fourth-order valence-corrected chi connectivity index (χ4v) is 1.48. The predicted molar refractivity (Wildman–Crippen MR) is 61.3 cm³/mol. The van der Waals surface area contributed by atoms with Crippen molar-refractivity contribution >= 4 is 5.97 Å². The number of aryl methyl sites for hydroxylation is 2. The molecule has 0 saturated carbocycles. The second kappa shape index (κ2) is 4.23. The molecule has 0 unspecified atom stereocenters. The molecule has 0 aliphatic carbocycles. The maximum absolute atomic E-state index is 11.8. The molecule has 3 heteroatoms. The van der Waals surface area contributed by atoms with Crippen molar-refractivity contribution in [2.45, 2.75) is 13.8 Å². The number of carbonyl (C=O) groups is 1. The van der Waals surface area contributed by atoms with Crippen molar-refractivity contribution in [2.24, 2.45) is 0 Å². The van der Waals surface area contributed by atoms with E-state index in [2.05, 4.69) is 0 Å². The van der Waals surface area contributed by atoms with Gasteiger partial charge in [0.15, 0.2) is 0 Å². The molecule has 0 fully saturated rings. The second-order valence-electron chi connectivity index (χ2n) is 3.74. The topological polar surface area (TPSA) is 31.2 Å². The van der Waals surface area contributed by atoms with Gasteiger partial charge in [-0.3, -0.25) is 0 Å². The highest BCUT2D eigenvalue weighted by Crippen LogP contribution is 2.11. The van der Waals surface area contributed by atoms with Gasteiger partial charge in [-0.15, -0.1) is 0 Å². The van der Waals surface area contributed by atoms with Gasteiger partial charge in [0.1, 0.15) is 0 Å². The molecule has 0 aliphatic heterocycles. The van der Waals surface area contributed by atoms with Gasteiger partial charge in [-0.1, -0.05) is 17.7 Å². The minimum Gasteiger partial charge on any atom is -0.332 e. The van der Waals surface area contributed by atoms with E-state index in [0.717, 1.165) is 11.1 Å². The summed E-state index contributed by atoms with van der Waals surface area (Å²) in [6.07, 6.45) is 3.37. The van der Waals surface area contributed by atoms with E-state index in [1.165, 1.54) is 4.73 Å². The van der Waals surface area contributed by atoms with Crippen LogP contribution in [0, 0.1) is 13.8 Å². The molecule has 2 rings (SSSR count). The lowest BCUT2D eigenvalue weighted by Gasteiger charge is -2.07. The molecule has 1 aromatic heterocycles. The highest BCUT2D eigenvalue weighted by molar-refractivity contribution is 5.91. The molecule has 1 heterocycles. The third kappa shape index (κ3) is 2.14. The third-order valence-corrected chi connectivity index (χ3v) is 2.38. The monoisotopic (exact) mass is 215 g/mol. The van der Waals surface area contributed by atoms with Crippen LogP contribution in [0.5, 0.6) is 0 Å². The Bertz CT molecular complexity index is 501. The van der Waals surface area contributed by atoms with Crippen molar-refractivity contribution in [3.8, 4) is 0 Å². The Balaban J connectivity index is 2.24. The number of benzene rings is 1. The molecule has 0 amide bonds. The Hall–Kier alpha value is -2.03. The summed E-state index contributed by atoms with van der Waals surface area (Å²) in [4.78, 5) is 17.0. The van der Waals surface area contributed by atoms with Crippen molar-refractivity contribution in [3.63, 3.8) is 0 Å². The molecule has 0 radical (unpaired) electrons. The van der Waals surface area contributed by atoms with Crippen molar-refractivity contribution in [1.29, 1.82) is 0 Å². The summed E-state index contributed by atoms with van der Waals surface area (Å²) in [5.41, 5.74) is 2.57. The van der Waals surface area contributed by atoms with Crippen molar-refractivity contribution < 1.29 is 9.63 Å². The standard InChI is InChI=1S/C13H13NO2/c1-10-5-6-11(2)12(9-10)13(15)16-14-7-3-4-8-14/h3-9H,1-2H3. The molecule has 0 bridgehead atoms. The number of carbonyl (C=O) groups excluding carboxylic acids is 1. The summed E-state index contributed by atoms with van der Waals surface area (Å²) in [5, 5.41) is 0. The van der Waals surface area contributed by atoms with Gasteiger partial charge in [0, 0.05) is 12.4 Å². The van der Waals surface area contributed by atoms with Gasteiger partial charge in [0.25, 0.3) is 0 Å². The van der Waals surface area contributed by atoms with Crippen LogP contribution in [0.1, 0.15) is 21.5 Å². The fourth-order valence-electron chi connectivity index (χ4n) is 1.48. The normalized spacial score (nSPS) is 10.1. The second-order valence-corrected chi connectivity index (χ2v) is 3.74. The molecule has 2 aromatic rings. The Morgan fingerprint density at radius 2 is 1.88 bits per heavy atom. The van der Waals surface area contributed by atoms with E-state index in [-0.39, 0.29) is 5.97 Å². The Kier molecular flexibility index (Phi) is 2.77. The first kappa shape index (κ1) is 10.5. The van der Waals surface area contributed by atoms with Crippen LogP contribution < -0.4 is 4.84 Å². The molecule has 0 N–H and O–H groups in total. The van der Waals surface area contributed by atoms with Gasteiger partial charge < -0.3 is 4.84 Å². The molecule has 0 saturated heterocycles. The SMILES string of the molecule is Cc1ccc(C)c(C(=O)On2cccc2)c1. The van der Waals surface area contributed by atoms with Crippen LogP contribution in [-0.2, 0) is 0 Å². The number of aromatic nitrogens is 1. The Morgan fingerprint density at radius 3 is 2.56 bits per heavy atom. The molecule has 3 nitrogen and oxygen atoms in total. The van der Waals surface area contributed by atoms with Crippen LogP contribution in [-0.4, -0.2) is 10.7 Å². The van der Waals surface area contributed by atoms with E-state index in [4.69, 9.17) is 4.84 Å². The Labute approximate surface area is 94.2 Å². The molecule has 0 atom stereocenters. The zero-order chi connectivity index (χ0) is 11.5. The summed E-state index contributed by atoms with van der Waals surface area (Å²) >= 11 is 0. The van der Waals surface area contributed by atoms with Crippen molar-refractivity contribution in [1.82, 2.24) is 4.73 Å². The first-order valence-electron chi connectivity index (χ1n) is 5.10. The largest absolute Gasteiger partial charge is 0.363 e. The quantitative estimate of drug-likeness (QED) is 0.770. The average Bonchev–Trinajstić information content (AvgIpc) is 2.74. The van der Waals surface area contributed by atoms with Crippen LogP contribution >= 0.6 is 0 Å². The third-order valence-electron chi connectivity index (χ3n) is 2.38. The van der Waals surface area contributed by atoms with Crippen LogP contribution in [0.15, 0.2) is 42.7 Å². The van der Waals surface area contributed by atoms with Gasteiger partial charge >= 0.3 is 5.97 Å². The zero-order valence-electron chi connectivity index (χ0n) is 9.31. The van der Waals surface area contributed by atoms with Crippen molar-refractivity contribution in [2.75, 3.05) is 0 Å². The van der Waals surface area contributed by atoms with Gasteiger partial charge in [0.05, 0.1) is 5.56 Å². The summed E-state index contributed by atoms with van der Waals surface area (Å²) in [7, 11) is 0. The number of rotatable bonds is 2. The minimum atomic E-state index is -0.336. The lowest BCUT2D eigenvalue weighted by Crippen LogP contribution is -2.19. The van der Waals surface area contributed by atoms with E-state index in [1.807, 2.05) is 32.0 Å². The summed E-state index contributed by atoms with van der Waals surface area (Å²) < 4.78 is 1.39.